The molecule has 1 aliphatic heterocycles. The zero-order valence-corrected chi connectivity index (χ0v) is 11.9. The van der Waals surface area contributed by atoms with Crippen LogP contribution >= 0.6 is 0 Å². The molecule has 20 heavy (non-hydrogen) atoms. The summed E-state index contributed by atoms with van der Waals surface area (Å²) in [4.78, 5) is 6.74. The van der Waals surface area contributed by atoms with E-state index in [4.69, 9.17) is 4.74 Å². The van der Waals surface area contributed by atoms with Crippen molar-refractivity contribution in [3.63, 3.8) is 0 Å². The van der Waals surface area contributed by atoms with Crippen molar-refractivity contribution in [2.24, 2.45) is 0 Å². The zero-order chi connectivity index (χ0) is 13.6. The van der Waals surface area contributed by atoms with Gasteiger partial charge in [-0.1, -0.05) is 25.7 Å². The minimum absolute atomic E-state index is 0.534. The Kier molecular flexibility index (Phi) is 4.63. The highest BCUT2D eigenvalue weighted by Crippen LogP contribution is 2.20. The van der Waals surface area contributed by atoms with Crippen molar-refractivity contribution < 1.29 is 4.74 Å². The highest BCUT2D eigenvalue weighted by Gasteiger charge is 2.16. The Morgan fingerprint density at radius 2 is 1.85 bits per heavy atom. The highest BCUT2D eigenvalue weighted by molar-refractivity contribution is 5.39. The smallest absolute Gasteiger partial charge is 0.247 e. The van der Waals surface area contributed by atoms with Gasteiger partial charge in [0.1, 0.15) is 0 Å². The minimum Gasteiger partial charge on any atom is -0.378 e. The highest BCUT2D eigenvalue weighted by atomic mass is 16.5. The van der Waals surface area contributed by atoms with E-state index < -0.39 is 0 Å². The van der Waals surface area contributed by atoms with Gasteiger partial charge in [0.15, 0.2) is 5.82 Å². The van der Waals surface area contributed by atoms with Crippen LogP contribution in [0.1, 0.15) is 38.5 Å². The van der Waals surface area contributed by atoms with Crippen LogP contribution < -0.4 is 10.2 Å². The summed E-state index contributed by atoms with van der Waals surface area (Å²) in [6.07, 6.45) is 9.54. The van der Waals surface area contributed by atoms with Crippen molar-refractivity contribution in [1.82, 2.24) is 15.2 Å². The van der Waals surface area contributed by atoms with Gasteiger partial charge in [0, 0.05) is 19.1 Å². The van der Waals surface area contributed by atoms with E-state index in [9.17, 15) is 0 Å². The normalized spacial score (nSPS) is 21.5. The van der Waals surface area contributed by atoms with Crippen LogP contribution in [-0.4, -0.2) is 47.5 Å². The number of ether oxygens (including phenoxy) is 1. The standard InChI is InChI=1S/C14H23N5O/c1-2-4-6-12(5-3-1)16-13-11-15-18-14(17-13)19-7-9-20-10-8-19/h11-12H,1-10H2,(H,16,17,18). The average molecular weight is 277 g/mol. The molecule has 1 saturated carbocycles. The molecule has 3 rings (SSSR count). The first-order valence-electron chi connectivity index (χ1n) is 7.71. The molecule has 0 atom stereocenters. The average Bonchev–Trinajstić information content (AvgIpc) is 2.77. The molecule has 0 spiro atoms. The maximum atomic E-state index is 5.35. The number of hydrogen-bond acceptors (Lipinski definition) is 6. The molecule has 1 aliphatic carbocycles. The van der Waals surface area contributed by atoms with Crippen LogP contribution in [0.2, 0.25) is 0 Å². The van der Waals surface area contributed by atoms with Gasteiger partial charge in [-0.15, -0.1) is 5.10 Å². The molecule has 1 aromatic rings. The Balaban J connectivity index is 1.64. The predicted molar refractivity (Wildman–Crippen MR) is 78.0 cm³/mol. The fraction of sp³-hybridized carbons (Fsp3) is 0.786. The second-order valence-electron chi connectivity index (χ2n) is 5.57. The van der Waals surface area contributed by atoms with Crippen molar-refractivity contribution in [2.75, 3.05) is 36.5 Å². The Hall–Kier alpha value is -1.43. The van der Waals surface area contributed by atoms with Gasteiger partial charge in [0.05, 0.1) is 19.4 Å². The molecule has 0 aromatic carbocycles. The van der Waals surface area contributed by atoms with Crippen LogP contribution in [0.15, 0.2) is 6.20 Å². The van der Waals surface area contributed by atoms with E-state index >= 15 is 0 Å². The molecule has 2 fully saturated rings. The third-order valence-electron chi connectivity index (χ3n) is 4.05. The lowest BCUT2D eigenvalue weighted by atomic mass is 10.1. The molecule has 0 bridgehead atoms. The molecule has 1 saturated heterocycles. The molecule has 2 aliphatic rings. The fourth-order valence-corrected chi connectivity index (χ4v) is 2.89. The zero-order valence-electron chi connectivity index (χ0n) is 11.9. The van der Waals surface area contributed by atoms with Gasteiger partial charge in [-0.3, -0.25) is 0 Å². The van der Waals surface area contributed by atoms with Gasteiger partial charge in [-0.25, -0.2) is 0 Å². The first kappa shape index (κ1) is 13.5. The number of nitrogens with one attached hydrogen (secondary N) is 1. The summed E-state index contributed by atoms with van der Waals surface area (Å²) in [5, 5.41) is 11.8. The van der Waals surface area contributed by atoms with Gasteiger partial charge in [0.25, 0.3) is 0 Å². The van der Waals surface area contributed by atoms with Crippen LogP contribution in [0.5, 0.6) is 0 Å². The topological polar surface area (TPSA) is 63.2 Å². The van der Waals surface area contributed by atoms with E-state index in [1.807, 2.05) is 0 Å². The van der Waals surface area contributed by atoms with Crippen LogP contribution in [-0.2, 0) is 4.74 Å². The summed E-state index contributed by atoms with van der Waals surface area (Å²) < 4.78 is 5.35. The number of aromatic nitrogens is 3. The van der Waals surface area contributed by atoms with Crippen LogP contribution in [0, 0.1) is 0 Å². The van der Waals surface area contributed by atoms with Crippen molar-refractivity contribution >= 4 is 11.8 Å². The SMILES string of the molecule is c1nnc(N2CCOCC2)nc1NC1CCCCCC1. The fourth-order valence-electron chi connectivity index (χ4n) is 2.89. The minimum atomic E-state index is 0.534. The molecule has 0 unspecified atom stereocenters. The summed E-state index contributed by atoms with van der Waals surface area (Å²) in [6, 6.07) is 0.534. The maximum Gasteiger partial charge on any atom is 0.247 e. The first-order chi connectivity index (χ1) is 9.92. The monoisotopic (exact) mass is 277 g/mol. The molecule has 6 heteroatoms. The van der Waals surface area contributed by atoms with Crippen molar-refractivity contribution in [2.45, 2.75) is 44.6 Å². The molecular formula is C14H23N5O. The quantitative estimate of drug-likeness (QED) is 0.851. The predicted octanol–water partition coefficient (Wildman–Crippen LogP) is 1.84. The lowest BCUT2D eigenvalue weighted by Crippen LogP contribution is -2.37. The second-order valence-corrected chi connectivity index (χ2v) is 5.57. The Bertz CT molecular complexity index is 414. The molecule has 110 valence electrons. The molecular weight excluding hydrogens is 254 g/mol. The van der Waals surface area contributed by atoms with Crippen LogP contribution in [0.3, 0.4) is 0 Å². The van der Waals surface area contributed by atoms with Gasteiger partial charge >= 0.3 is 0 Å². The van der Waals surface area contributed by atoms with Gasteiger partial charge in [0.2, 0.25) is 5.95 Å². The van der Waals surface area contributed by atoms with Crippen molar-refractivity contribution in [1.29, 1.82) is 0 Å². The van der Waals surface area contributed by atoms with E-state index in [1.165, 1.54) is 38.5 Å². The maximum absolute atomic E-state index is 5.35. The lowest BCUT2D eigenvalue weighted by Gasteiger charge is -2.26. The van der Waals surface area contributed by atoms with Gasteiger partial charge in [-0.2, -0.15) is 10.1 Å². The van der Waals surface area contributed by atoms with Crippen molar-refractivity contribution in [3.8, 4) is 0 Å². The molecule has 2 heterocycles. The second kappa shape index (κ2) is 6.83. The van der Waals surface area contributed by atoms with Crippen LogP contribution in [0.25, 0.3) is 0 Å². The summed E-state index contributed by atoms with van der Waals surface area (Å²) >= 11 is 0. The molecule has 0 radical (unpaired) electrons. The van der Waals surface area contributed by atoms with Gasteiger partial charge < -0.3 is 15.0 Å². The van der Waals surface area contributed by atoms with E-state index in [2.05, 4.69) is 25.4 Å². The van der Waals surface area contributed by atoms with E-state index in [-0.39, 0.29) is 0 Å². The third-order valence-corrected chi connectivity index (χ3v) is 4.05. The number of morpholine rings is 1. The Labute approximate surface area is 119 Å². The number of anilines is 2. The molecule has 0 amide bonds. The largest absolute Gasteiger partial charge is 0.378 e. The number of nitrogens with zero attached hydrogens (tertiary/aromatic N) is 4. The summed E-state index contributed by atoms with van der Waals surface area (Å²) in [5.74, 6) is 1.57. The lowest BCUT2D eigenvalue weighted by molar-refractivity contribution is 0.122. The number of hydrogen-bond donors (Lipinski definition) is 1. The van der Waals surface area contributed by atoms with Gasteiger partial charge in [-0.05, 0) is 12.8 Å². The summed E-state index contributed by atoms with van der Waals surface area (Å²) in [6.45, 7) is 3.16. The Morgan fingerprint density at radius 3 is 2.60 bits per heavy atom. The van der Waals surface area contributed by atoms with E-state index in [0.717, 1.165) is 32.1 Å². The Morgan fingerprint density at radius 1 is 1.10 bits per heavy atom. The summed E-state index contributed by atoms with van der Waals surface area (Å²) in [7, 11) is 0. The van der Waals surface area contributed by atoms with E-state index in [1.54, 1.807) is 6.20 Å². The molecule has 1 aromatic heterocycles. The van der Waals surface area contributed by atoms with Crippen LogP contribution in [0.4, 0.5) is 11.8 Å². The van der Waals surface area contributed by atoms with E-state index in [0.29, 0.717) is 12.0 Å². The first-order valence-corrected chi connectivity index (χ1v) is 7.71. The number of rotatable bonds is 3. The summed E-state index contributed by atoms with van der Waals surface area (Å²) in [5.41, 5.74) is 0. The molecule has 1 N–H and O–H groups in total. The van der Waals surface area contributed by atoms with Crippen molar-refractivity contribution in [3.05, 3.63) is 6.20 Å². The molecule has 6 nitrogen and oxygen atoms in total. The third kappa shape index (κ3) is 3.56.